The van der Waals surface area contributed by atoms with Crippen molar-refractivity contribution in [3.05, 3.63) is 71.3 Å². The lowest BCUT2D eigenvalue weighted by atomic mass is 10.0. The summed E-state index contributed by atoms with van der Waals surface area (Å²) in [5.41, 5.74) is 4.56. The van der Waals surface area contributed by atoms with Gasteiger partial charge in [0.2, 0.25) is 5.75 Å². The molecule has 5 heteroatoms. The molecule has 0 aliphatic carbocycles. The van der Waals surface area contributed by atoms with Gasteiger partial charge in [-0.05, 0) is 54.8 Å². The monoisotopic (exact) mass is 392 g/mol. The first-order valence-electron chi connectivity index (χ1n) is 9.16. The van der Waals surface area contributed by atoms with Crippen molar-refractivity contribution in [1.82, 2.24) is 0 Å². The first kappa shape index (κ1) is 20.3. The zero-order valence-electron chi connectivity index (χ0n) is 17.2. The third kappa shape index (κ3) is 4.35. The van der Waals surface area contributed by atoms with E-state index in [9.17, 15) is 4.79 Å². The highest BCUT2D eigenvalue weighted by atomic mass is 16.5. The van der Waals surface area contributed by atoms with Gasteiger partial charge in [-0.25, -0.2) is 4.79 Å². The van der Waals surface area contributed by atoms with Gasteiger partial charge >= 0.3 is 5.97 Å². The number of hydrogen-bond acceptors (Lipinski definition) is 5. The predicted molar refractivity (Wildman–Crippen MR) is 112 cm³/mol. The fourth-order valence-electron chi connectivity index (χ4n) is 3.05. The summed E-state index contributed by atoms with van der Waals surface area (Å²) in [6, 6.07) is 17.2. The molecule has 0 bridgehead atoms. The van der Waals surface area contributed by atoms with Gasteiger partial charge in [0.15, 0.2) is 11.5 Å². The van der Waals surface area contributed by atoms with Gasteiger partial charge in [-0.15, -0.1) is 0 Å². The number of aryl methyl sites for hydroxylation is 2. The molecule has 0 saturated carbocycles. The Morgan fingerprint density at radius 1 is 0.690 bits per heavy atom. The maximum absolute atomic E-state index is 12.7. The highest BCUT2D eigenvalue weighted by molar-refractivity contribution is 5.93. The molecule has 0 saturated heterocycles. The minimum Gasteiger partial charge on any atom is -0.493 e. The second-order valence-corrected chi connectivity index (χ2v) is 6.65. The van der Waals surface area contributed by atoms with E-state index in [4.69, 9.17) is 18.9 Å². The molecule has 0 amide bonds. The van der Waals surface area contributed by atoms with Crippen LogP contribution in [0, 0.1) is 13.8 Å². The van der Waals surface area contributed by atoms with Gasteiger partial charge in [0, 0.05) is 0 Å². The summed E-state index contributed by atoms with van der Waals surface area (Å²) in [4.78, 5) is 12.7. The second-order valence-electron chi connectivity index (χ2n) is 6.65. The van der Waals surface area contributed by atoms with Crippen molar-refractivity contribution in [2.24, 2.45) is 0 Å². The standard InChI is InChI=1S/C24H24O5/c1-15-6-8-17(9-7-15)18-10-11-20(16(2)12-18)29-24(25)19-13-21(26-3)23(28-5)22(14-19)27-4/h6-14H,1-5H3. The molecule has 0 fully saturated rings. The highest BCUT2D eigenvalue weighted by Gasteiger charge is 2.19. The molecule has 0 aliphatic heterocycles. The van der Waals surface area contributed by atoms with Crippen LogP contribution in [0.1, 0.15) is 21.5 Å². The van der Waals surface area contributed by atoms with Crippen LogP contribution in [0.5, 0.6) is 23.0 Å². The molecule has 0 N–H and O–H groups in total. The van der Waals surface area contributed by atoms with Gasteiger partial charge in [0.25, 0.3) is 0 Å². The lowest BCUT2D eigenvalue weighted by molar-refractivity contribution is 0.0732. The van der Waals surface area contributed by atoms with Gasteiger partial charge < -0.3 is 18.9 Å². The molecular formula is C24H24O5. The maximum Gasteiger partial charge on any atom is 0.343 e. The van der Waals surface area contributed by atoms with Gasteiger partial charge in [-0.3, -0.25) is 0 Å². The topological polar surface area (TPSA) is 54.0 Å². The van der Waals surface area contributed by atoms with Crippen molar-refractivity contribution >= 4 is 5.97 Å². The molecule has 0 unspecified atom stereocenters. The van der Waals surface area contributed by atoms with Gasteiger partial charge in [0.05, 0.1) is 26.9 Å². The third-order valence-electron chi connectivity index (χ3n) is 4.66. The van der Waals surface area contributed by atoms with E-state index in [1.54, 1.807) is 18.2 Å². The minimum absolute atomic E-state index is 0.307. The molecule has 29 heavy (non-hydrogen) atoms. The number of carbonyl (C=O) groups is 1. The molecule has 3 aromatic carbocycles. The summed E-state index contributed by atoms with van der Waals surface area (Å²) in [6.07, 6.45) is 0. The summed E-state index contributed by atoms with van der Waals surface area (Å²) >= 11 is 0. The van der Waals surface area contributed by atoms with E-state index in [2.05, 4.69) is 31.2 Å². The minimum atomic E-state index is -0.504. The maximum atomic E-state index is 12.7. The van der Waals surface area contributed by atoms with Crippen LogP contribution in [0.15, 0.2) is 54.6 Å². The Morgan fingerprint density at radius 2 is 1.28 bits per heavy atom. The van der Waals surface area contributed by atoms with Crippen LogP contribution in [-0.4, -0.2) is 27.3 Å². The smallest absolute Gasteiger partial charge is 0.343 e. The Labute approximate surface area is 170 Å². The van der Waals surface area contributed by atoms with E-state index in [-0.39, 0.29) is 0 Å². The molecule has 0 aliphatic rings. The Hall–Kier alpha value is -3.47. The molecule has 0 radical (unpaired) electrons. The van der Waals surface area contributed by atoms with Crippen molar-refractivity contribution in [2.45, 2.75) is 13.8 Å². The first-order chi connectivity index (χ1) is 14.0. The van der Waals surface area contributed by atoms with Crippen LogP contribution in [-0.2, 0) is 0 Å². The van der Waals surface area contributed by atoms with E-state index in [1.807, 2.05) is 19.1 Å². The van der Waals surface area contributed by atoms with Crippen LogP contribution >= 0.6 is 0 Å². The molecule has 3 rings (SSSR count). The number of ether oxygens (including phenoxy) is 4. The zero-order chi connectivity index (χ0) is 21.0. The summed E-state index contributed by atoms with van der Waals surface area (Å²) in [5, 5.41) is 0. The van der Waals surface area contributed by atoms with Crippen molar-refractivity contribution < 1.29 is 23.7 Å². The molecule has 0 aromatic heterocycles. The Balaban J connectivity index is 1.86. The molecule has 3 aromatic rings. The molecule has 0 spiro atoms. The van der Waals surface area contributed by atoms with Crippen LogP contribution < -0.4 is 18.9 Å². The number of esters is 1. The van der Waals surface area contributed by atoms with Crippen LogP contribution in [0.3, 0.4) is 0 Å². The average Bonchev–Trinajstić information content (AvgIpc) is 2.74. The van der Waals surface area contributed by atoms with Gasteiger partial charge in [-0.2, -0.15) is 0 Å². The molecular weight excluding hydrogens is 368 g/mol. The largest absolute Gasteiger partial charge is 0.493 e. The summed E-state index contributed by atoms with van der Waals surface area (Å²) in [7, 11) is 4.51. The average molecular weight is 392 g/mol. The third-order valence-corrected chi connectivity index (χ3v) is 4.66. The quantitative estimate of drug-likeness (QED) is 0.425. The first-order valence-corrected chi connectivity index (χ1v) is 9.16. The molecule has 5 nitrogen and oxygen atoms in total. The predicted octanol–water partition coefficient (Wildman–Crippen LogP) is 5.22. The lowest BCUT2D eigenvalue weighted by Crippen LogP contribution is -2.10. The normalized spacial score (nSPS) is 10.4. The van der Waals surface area contributed by atoms with Crippen LogP contribution in [0.4, 0.5) is 0 Å². The molecule has 0 atom stereocenters. The fourth-order valence-corrected chi connectivity index (χ4v) is 3.05. The SMILES string of the molecule is COc1cc(C(=O)Oc2ccc(-c3ccc(C)cc3)cc2C)cc(OC)c1OC. The van der Waals surface area contributed by atoms with E-state index < -0.39 is 5.97 Å². The Bertz CT molecular complexity index is 997. The van der Waals surface area contributed by atoms with Crippen molar-refractivity contribution in [3.63, 3.8) is 0 Å². The number of rotatable bonds is 6. The molecule has 150 valence electrons. The van der Waals surface area contributed by atoms with Crippen LogP contribution in [0.2, 0.25) is 0 Å². The van der Waals surface area contributed by atoms with E-state index >= 15 is 0 Å². The van der Waals surface area contributed by atoms with Crippen molar-refractivity contribution in [2.75, 3.05) is 21.3 Å². The zero-order valence-corrected chi connectivity index (χ0v) is 17.2. The van der Waals surface area contributed by atoms with Crippen LogP contribution in [0.25, 0.3) is 11.1 Å². The van der Waals surface area contributed by atoms with E-state index in [1.165, 1.54) is 26.9 Å². The Morgan fingerprint density at radius 3 is 1.79 bits per heavy atom. The summed E-state index contributed by atoms with van der Waals surface area (Å²) in [5.74, 6) is 1.20. The number of carbonyl (C=O) groups excluding carboxylic acids is 1. The second kappa shape index (κ2) is 8.69. The number of methoxy groups -OCH3 is 3. The van der Waals surface area contributed by atoms with Crippen molar-refractivity contribution in [3.8, 4) is 34.1 Å². The lowest BCUT2D eigenvalue weighted by Gasteiger charge is -2.14. The fraction of sp³-hybridized carbons (Fsp3) is 0.208. The number of benzene rings is 3. The number of hydrogen-bond donors (Lipinski definition) is 0. The van der Waals surface area contributed by atoms with E-state index in [0.717, 1.165) is 16.7 Å². The van der Waals surface area contributed by atoms with Gasteiger partial charge in [0.1, 0.15) is 5.75 Å². The summed E-state index contributed by atoms with van der Waals surface area (Å²) < 4.78 is 21.5. The highest BCUT2D eigenvalue weighted by Crippen LogP contribution is 2.38. The van der Waals surface area contributed by atoms with E-state index in [0.29, 0.717) is 28.6 Å². The summed E-state index contributed by atoms with van der Waals surface area (Å²) in [6.45, 7) is 3.97. The Kier molecular flexibility index (Phi) is 6.07. The van der Waals surface area contributed by atoms with Crippen molar-refractivity contribution in [1.29, 1.82) is 0 Å². The van der Waals surface area contributed by atoms with Gasteiger partial charge in [-0.1, -0.05) is 35.9 Å². The molecule has 0 heterocycles.